The molecule has 3 N–H and O–H groups in total. The van der Waals surface area contributed by atoms with Crippen molar-refractivity contribution in [2.45, 2.75) is 12.5 Å². The highest BCUT2D eigenvalue weighted by Crippen LogP contribution is 2.28. The average molecular weight is 413 g/mol. The molecule has 0 bridgehead atoms. The number of hydrogen-bond acceptors (Lipinski definition) is 4. The maximum Gasteiger partial charge on any atom is 0.269 e. The molecule has 31 heavy (non-hydrogen) atoms. The van der Waals surface area contributed by atoms with Crippen molar-refractivity contribution in [1.29, 1.82) is 0 Å². The number of amides is 2. The van der Waals surface area contributed by atoms with E-state index in [9.17, 15) is 19.7 Å². The minimum atomic E-state index is -0.966. The number of nitrogens with one attached hydrogen (secondary N) is 1. The zero-order valence-corrected chi connectivity index (χ0v) is 16.4. The molecule has 4 aromatic rings. The number of nitro groups is 1. The van der Waals surface area contributed by atoms with Crippen molar-refractivity contribution in [3.8, 4) is 0 Å². The third-order valence-corrected chi connectivity index (χ3v) is 5.23. The smallest absolute Gasteiger partial charge is 0.269 e. The molecule has 4 rings (SSSR count). The maximum atomic E-state index is 13.3. The molecular weight excluding hydrogens is 394 g/mol. The van der Waals surface area contributed by atoms with Gasteiger partial charge in [-0.15, -0.1) is 0 Å². The number of fused-ring (bicyclic) bond motifs is 2. The van der Waals surface area contributed by atoms with Crippen LogP contribution in [0.1, 0.15) is 15.9 Å². The first-order chi connectivity index (χ1) is 14.9. The Bertz CT molecular complexity index is 1260. The van der Waals surface area contributed by atoms with Crippen LogP contribution in [0.5, 0.6) is 0 Å². The summed E-state index contributed by atoms with van der Waals surface area (Å²) < 4.78 is 0. The second-order valence-corrected chi connectivity index (χ2v) is 7.25. The fourth-order valence-electron chi connectivity index (χ4n) is 3.70. The number of primary amides is 1. The first-order valence-corrected chi connectivity index (χ1v) is 9.68. The molecule has 7 nitrogen and oxygen atoms in total. The number of nitrogens with zero attached hydrogens (tertiary/aromatic N) is 1. The molecule has 7 heteroatoms. The Balaban J connectivity index is 1.68. The van der Waals surface area contributed by atoms with Crippen molar-refractivity contribution < 1.29 is 14.5 Å². The van der Waals surface area contributed by atoms with Crippen molar-refractivity contribution in [2.24, 2.45) is 5.73 Å². The van der Waals surface area contributed by atoms with Gasteiger partial charge >= 0.3 is 0 Å². The van der Waals surface area contributed by atoms with Gasteiger partial charge in [-0.25, -0.2) is 0 Å². The first kappa shape index (κ1) is 20.0. The van der Waals surface area contributed by atoms with Crippen LogP contribution in [0.15, 0.2) is 78.9 Å². The SMILES string of the molecule is NC(=O)[C@H](Cc1ccc([N+](=O)[O-])cc1)NC(=O)c1c2ccccc2cc2ccccc12. The van der Waals surface area contributed by atoms with Gasteiger partial charge in [0.15, 0.2) is 0 Å². The minimum absolute atomic E-state index is 0.0503. The molecule has 0 aliphatic rings. The second kappa shape index (κ2) is 8.23. The summed E-state index contributed by atoms with van der Waals surface area (Å²) in [6.07, 6.45) is 0.127. The average Bonchev–Trinajstić information content (AvgIpc) is 2.77. The molecule has 0 radical (unpaired) electrons. The molecule has 0 spiro atoms. The van der Waals surface area contributed by atoms with Gasteiger partial charge in [-0.1, -0.05) is 60.7 Å². The van der Waals surface area contributed by atoms with Crippen LogP contribution in [0.3, 0.4) is 0 Å². The molecule has 0 saturated carbocycles. The topological polar surface area (TPSA) is 115 Å². The van der Waals surface area contributed by atoms with Crippen LogP contribution in [0, 0.1) is 10.1 Å². The Morgan fingerprint density at radius 1 is 0.903 bits per heavy atom. The van der Waals surface area contributed by atoms with Gasteiger partial charge in [0.05, 0.1) is 10.5 Å². The summed E-state index contributed by atoms with van der Waals surface area (Å²) in [5.41, 5.74) is 6.63. The van der Waals surface area contributed by atoms with E-state index in [1.807, 2.05) is 54.6 Å². The molecule has 0 aliphatic carbocycles. The predicted octanol–water partition coefficient (Wildman–Crippen LogP) is 3.73. The predicted molar refractivity (Wildman–Crippen MR) is 119 cm³/mol. The van der Waals surface area contributed by atoms with E-state index in [-0.39, 0.29) is 12.1 Å². The summed E-state index contributed by atoms with van der Waals surface area (Å²) in [7, 11) is 0. The minimum Gasteiger partial charge on any atom is -0.368 e. The van der Waals surface area contributed by atoms with Gasteiger partial charge in [-0.2, -0.15) is 0 Å². The number of rotatable bonds is 6. The van der Waals surface area contributed by atoms with E-state index in [1.165, 1.54) is 12.1 Å². The number of carbonyl (C=O) groups is 2. The summed E-state index contributed by atoms with van der Waals surface area (Å²) in [6, 6.07) is 22.0. The standard InChI is InChI=1S/C24H19N3O4/c25-23(28)21(13-15-9-11-18(12-10-15)27(30)31)26-24(29)22-19-7-3-1-5-16(19)14-17-6-2-4-8-20(17)22/h1-12,14,21H,13H2,(H2,25,28)(H,26,29)/t21-/m0/s1. The van der Waals surface area contributed by atoms with Crippen LogP contribution in [-0.4, -0.2) is 22.8 Å². The lowest BCUT2D eigenvalue weighted by Gasteiger charge is -2.18. The lowest BCUT2D eigenvalue weighted by Crippen LogP contribution is -2.46. The molecule has 4 aromatic carbocycles. The summed E-state index contributed by atoms with van der Waals surface area (Å²) >= 11 is 0. The number of carbonyl (C=O) groups excluding carboxylic acids is 2. The van der Waals surface area contributed by atoms with Gasteiger partial charge in [0, 0.05) is 18.6 Å². The quantitative estimate of drug-likeness (QED) is 0.285. The fourth-order valence-corrected chi connectivity index (χ4v) is 3.70. The van der Waals surface area contributed by atoms with Crippen LogP contribution >= 0.6 is 0 Å². The van der Waals surface area contributed by atoms with Gasteiger partial charge in [-0.05, 0) is 33.2 Å². The van der Waals surface area contributed by atoms with Crippen molar-refractivity contribution in [3.63, 3.8) is 0 Å². The Hall–Kier alpha value is -4.26. The van der Waals surface area contributed by atoms with Crippen LogP contribution in [0.2, 0.25) is 0 Å². The number of nitrogens with two attached hydrogens (primary N) is 1. The van der Waals surface area contributed by atoms with Crippen molar-refractivity contribution in [3.05, 3.63) is 100 Å². The second-order valence-electron chi connectivity index (χ2n) is 7.25. The Labute approximate surface area is 177 Å². The van der Waals surface area contributed by atoms with E-state index >= 15 is 0 Å². The third kappa shape index (κ3) is 4.06. The number of benzene rings is 4. The van der Waals surface area contributed by atoms with E-state index in [0.717, 1.165) is 21.5 Å². The van der Waals surface area contributed by atoms with E-state index in [2.05, 4.69) is 5.32 Å². The molecule has 0 saturated heterocycles. The molecule has 0 aromatic heterocycles. The normalized spacial score (nSPS) is 11.9. The molecular formula is C24H19N3O4. The molecule has 0 aliphatic heterocycles. The van der Waals surface area contributed by atoms with Crippen LogP contribution < -0.4 is 11.1 Å². The number of non-ortho nitro benzene ring substituents is 1. The summed E-state index contributed by atoms with van der Waals surface area (Å²) in [6.45, 7) is 0. The van der Waals surface area contributed by atoms with Crippen molar-refractivity contribution in [2.75, 3.05) is 0 Å². The summed E-state index contributed by atoms with van der Waals surface area (Å²) in [5.74, 6) is -1.09. The highest BCUT2D eigenvalue weighted by atomic mass is 16.6. The zero-order valence-electron chi connectivity index (χ0n) is 16.4. The van der Waals surface area contributed by atoms with Crippen molar-refractivity contribution >= 4 is 39.0 Å². The van der Waals surface area contributed by atoms with E-state index in [4.69, 9.17) is 5.73 Å². The van der Waals surface area contributed by atoms with E-state index < -0.39 is 22.8 Å². The van der Waals surface area contributed by atoms with Crippen LogP contribution in [0.4, 0.5) is 5.69 Å². The zero-order chi connectivity index (χ0) is 22.0. The maximum absolute atomic E-state index is 13.3. The number of nitro benzene ring substituents is 1. The molecule has 0 unspecified atom stereocenters. The summed E-state index contributed by atoms with van der Waals surface area (Å²) in [4.78, 5) is 35.7. The van der Waals surface area contributed by atoms with Crippen LogP contribution in [0.25, 0.3) is 21.5 Å². The Morgan fingerprint density at radius 2 is 1.45 bits per heavy atom. The van der Waals surface area contributed by atoms with E-state index in [1.54, 1.807) is 12.1 Å². The Morgan fingerprint density at radius 3 is 1.97 bits per heavy atom. The lowest BCUT2D eigenvalue weighted by atomic mass is 9.95. The fraction of sp³-hybridized carbons (Fsp3) is 0.0833. The monoisotopic (exact) mass is 413 g/mol. The molecule has 0 heterocycles. The highest BCUT2D eigenvalue weighted by molar-refractivity contribution is 6.18. The third-order valence-electron chi connectivity index (χ3n) is 5.23. The van der Waals surface area contributed by atoms with Gasteiger partial charge in [0.25, 0.3) is 11.6 Å². The molecule has 2 amide bonds. The van der Waals surface area contributed by atoms with Gasteiger partial charge in [-0.3, -0.25) is 19.7 Å². The lowest BCUT2D eigenvalue weighted by molar-refractivity contribution is -0.384. The van der Waals surface area contributed by atoms with Crippen LogP contribution in [-0.2, 0) is 11.2 Å². The van der Waals surface area contributed by atoms with Crippen molar-refractivity contribution in [1.82, 2.24) is 5.32 Å². The van der Waals surface area contributed by atoms with Gasteiger partial charge < -0.3 is 11.1 Å². The molecule has 1 atom stereocenters. The Kier molecular flexibility index (Phi) is 5.32. The van der Waals surface area contributed by atoms with Gasteiger partial charge in [0.2, 0.25) is 5.91 Å². The molecule has 0 fully saturated rings. The summed E-state index contributed by atoms with van der Waals surface area (Å²) in [5, 5.41) is 17.0. The largest absolute Gasteiger partial charge is 0.368 e. The van der Waals surface area contributed by atoms with E-state index in [0.29, 0.717) is 11.1 Å². The highest BCUT2D eigenvalue weighted by Gasteiger charge is 2.22. The van der Waals surface area contributed by atoms with Gasteiger partial charge in [0.1, 0.15) is 6.04 Å². The molecule has 154 valence electrons. The first-order valence-electron chi connectivity index (χ1n) is 9.68. The number of hydrogen-bond donors (Lipinski definition) is 2.